The second-order valence-corrected chi connectivity index (χ2v) is 4.92. The van der Waals surface area contributed by atoms with Crippen LogP contribution in [0, 0.1) is 5.82 Å². The van der Waals surface area contributed by atoms with Crippen LogP contribution in [0.4, 0.5) is 4.39 Å². The summed E-state index contributed by atoms with van der Waals surface area (Å²) < 4.78 is 20.4. The normalized spacial score (nSPS) is 10.6. The van der Waals surface area contributed by atoms with E-state index in [1.807, 2.05) is 11.9 Å². The molecule has 0 saturated carbocycles. The van der Waals surface area contributed by atoms with Crippen LogP contribution in [0.5, 0.6) is 5.75 Å². The summed E-state index contributed by atoms with van der Waals surface area (Å²) in [6.45, 7) is 2.57. The highest BCUT2D eigenvalue weighted by Gasteiger charge is 2.06. The van der Waals surface area contributed by atoms with Crippen LogP contribution in [-0.2, 0) is 6.54 Å². The Labute approximate surface area is 122 Å². The second-order valence-electron chi connectivity index (χ2n) is 4.06. The van der Waals surface area contributed by atoms with Crippen molar-refractivity contribution in [1.29, 1.82) is 0 Å². The molecule has 0 bridgehead atoms. The maximum atomic E-state index is 13.2. The first kappa shape index (κ1) is 14.5. The Bertz CT molecular complexity index is 739. The molecule has 0 unspecified atom stereocenters. The summed E-state index contributed by atoms with van der Waals surface area (Å²) in [6.07, 6.45) is 0.894. The van der Waals surface area contributed by atoms with E-state index in [0.717, 1.165) is 20.8 Å². The average Bonchev–Trinajstić information content (AvgIpc) is 2.39. The maximum Gasteiger partial charge on any atom is 0.328 e. The monoisotopic (exact) mass is 342 g/mol. The summed E-state index contributed by atoms with van der Waals surface area (Å²) in [5.74, 6) is -0.300. The Morgan fingerprint density at radius 2 is 2.15 bits per heavy atom. The highest BCUT2D eigenvalue weighted by Crippen LogP contribution is 2.26. The van der Waals surface area contributed by atoms with Crippen LogP contribution in [0.2, 0.25) is 0 Å². The van der Waals surface area contributed by atoms with Gasteiger partial charge in [0, 0.05) is 0 Å². The lowest BCUT2D eigenvalue weighted by molar-refractivity contribution is 0.338. The van der Waals surface area contributed by atoms with E-state index in [-0.39, 0.29) is 6.54 Å². The van der Waals surface area contributed by atoms with Crippen molar-refractivity contribution in [3.63, 3.8) is 0 Å². The SMILES string of the molecule is CCOc1ccc(Cn2cc(F)c(=O)[nH]c2=O)cc1Br. The summed E-state index contributed by atoms with van der Waals surface area (Å²) >= 11 is 3.36. The lowest BCUT2D eigenvalue weighted by atomic mass is 10.2. The Morgan fingerprint density at radius 1 is 1.40 bits per heavy atom. The highest BCUT2D eigenvalue weighted by atomic mass is 79.9. The molecular formula is C13H12BrFN2O3. The molecule has 0 atom stereocenters. The van der Waals surface area contributed by atoms with Gasteiger partial charge in [0.15, 0.2) is 0 Å². The molecule has 0 aliphatic heterocycles. The smallest absolute Gasteiger partial charge is 0.328 e. The van der Waals surface area contributed by atoms with Gasteiger partial charge < -0.3 is 4.74 Å². The third-order valence-electron chi connectivity index (χ3n) is 2.62. The molecule has 2 aromatic rings. The van der Waals surface area contributed by atoms with E-state index in [9.17, 15) is 14.0 Å². The van der Waals surface area contributed by atoms with Crippen molar-refractivity contribution in [3.05, 3.63) is 61.1 Å². The third kappa shape index (κ3) is 3.16. The minimum atomic E-state index is -1.01. The number of nitrogens with zero attached hydrogens (tertiary/aromatic N) is 1. The topological polar surface area (TPSA) is 64.1 Å². The van der Waals surface area contributed by atoms with E-state index in [4.69, 9.17) is 4.74 Å². The number of benzene rings is 1. The largest absolute Gasteiger partial charge is 0.493 e. The summed E-state index contributed by atoms with van der Waals surface area (Å²) in [4.78, 5) is 24.4. The van der Waals surface area contributed by atoms with Crippen LogP contribution in [0.3, 0.4) is 0 Å². The predicted molar refractivity (Wildman–Crippen MR) is 75.7 cm³/mol. The zero-order chi connectivity index (χ0) is 14.7. The molecule has 1 aromatic carbocycles. The van der Waals surface area contributed by atoms with Gasteiger partial charge in [-0.25, -0.2) is 4.79 Å². The molecular weight excluding hydrogens is 331 g/mol. The first-order valence-corrected chi connectivity index (χ1v) is 6.71. The van der Waals surface area contributed by atoms with Crippen LogP contribution < -0.4 is 16.0 Å². The molecule has 2 rings (SSSR count). The molecule has 20 heavy (non-hydrogen) atoms. The fraction of sp³-hybridized carbons (Fsp3) is 0.231. The molecule has 0 fully saturated rings. The standard InChI is InChI=1S/C13H12BrFN2O3/c1-2-20-11-4-3-8(5-9(11)14)6-17-7-10(15)12(18)16-13(17)19/h3-5,7H,2,6H2,1H3,(H,16,18,19). The van der Waals surface area contributed by atoms with Crippen molar-refractivity contribution in [3.8, 4) is 5.75 Å². The Kier molecular flexibility index (Phi) is 4.39. The van der Waals surface area contributed by atoms with E-state index in [1.165, 1.54) is 0 Å². The Hall–Kier alpha value is -1.89. The highest BCUT2D eigenvalue weighted by molar-refractivity contribution is 9.10. The van der Waals surface area contributed by atoms with Crippen LogP contribution in [0.1, 0.15) is 12.5 Å². The van der Waals surface area contributed by atoms with Gasteiger partial charge in [-0.05, 0) is 40.5 Å². The van der Waals surface area contributed by atoms with Crippen molar-refractivity contribution >= 4 is 15.9 Å². The number of nitrogens with one attached hydrogen (secondary N) is 1. The molecule has 7 heteroatoms. The van der Waals surface area contributed by atoms with Gasteiger partial charge >= 0.3 is 5.69 Å². The Balaban J connectivity index is 2.31. The van der Waals surface area contributed by atoms with Gasteiger partial charge in [0.25, 0.3) is 5.56 Å². The predicted octanol–water partition coefficient (Wildman–Crippen LogP) is 1.89. The van der Waals surface area contributed by atoms with Gasteiger partial charge in [-0.1, -0.05) is 6.07 Å². The quantitative estimate of drug-likeness (QED) is 0.922. The molecule has 1 N–H and O–H groups in total. The van der Waals surface area contributed by atoms with Crippen LogP contribution in [0.15, 0.2) is 38.5 Å². The van der Waals surface area contributed by atoms with Crippen molar-refractivity contribution in [2.24, 2.45) is 0 Å². The van der Waals surface area contributed by atoms with Gasteiger partial charge in [-0.2, -0.15) is 4.39 Å². The van der Waals surface area contributed by atoms with Crippen LogP contribution in [-0.4, -0.2) is 16.2 Å². The summed E-state index contributed by atoms with van der Waals surface area (Å²) in [5, 5.41) is 0. The summed E-state index contributed by atoms with van der Waals surface area (Å²) in [7, 11) is 0. The molecule has 0 amide bonds. The number of halogens is 2. The van der Waals surface area contributed by atoms with Crippen molar-refractivity contribution in [2.75, 3.05) is 6.61 Å². The van der Waals surface area contributed by atoms with Gasteiger partial charge in [0.05, 0.1) is 23.8 Å². The summed E-state index contributed by atoms with van der Waals surface area (Å²) in [5.41, 5.74) is -0.894. The number of rotatable bonds is 4. The summed E-state index contributed by atoms with van der Waals surface area (Å²) in [6, 6.07) is 5.31. The van der Waals surface area contributed by atoms with E-state index >= 15 is 0 Å². The molecule has 0 aliphatic rings. The fourth-order valence-corrected chi connectivity index (χ4v) is 2.25. The molecule has 1 aromatic heterocycles. The van der Waals surface area contributed by atoms with Gasteiger partial charge in [-0.3, -0.25) is 14.3 Å². The minimum Gasteiger partial charge on any atom is -0.493 e. The van der Waals surface area contributed by atoms with Crippen molar-refractivity contribution in [2.45, 2.75) is 13.5 Å². The molecule has 106 valence electrons. The van der Waals surface area contributed by atoms with Crippen molar-refractivity contribution in [1.82, 2.24) is 9.55 Å². The average molecular weight is 343 g/mol. The molecule has 0 radical (unpaired) electrons. The molecule has 0 saturated heterocycles. The number of ether oxygens (including phenoxy) is 1. The van der Waals surface area contributed by atoms with Crippen LogP contribution >= 0.6 is 15.9 Å². The zero-order valence-electron chi connectivity index (χ0n) is 10.7. The van der Waals surface area contributed by atoms with E-state index in [1.54, 1.807) is 18.2 Å². The van der Waals surface area contributed by atoms with Gasteiger partial charge in [0.2, 0.25) is 5.82 Å². The number of hydrogen-bond donors (Lipinski definition) is 1. The molecule has 5 nitrogen and oxygen atoms in total. The first-order chi connectivity index (χ1) is 9.51. The zero-order valence-corrected chi connectivity index (χ0v) is 12.2. The number of hydrogen-bond acceptors (Lipinski definition) is 3. The fourth-order valence-electron chi connectivity index (χ4n) is 1.71. The third-order valence-corrected chi connectivity index (χ3v) is 3.24. The van der Waals surface area contributed by atoms with Gasteiger partial charge in [0.1, 0.15) is 5.75 Å². The van der Waals surface area contributed by atoms with E-state index < -0.39 is 17.1 Å². The molecule has 1 heterocycles. The van der Waals surface area contributed by atoms with Crippen molar-refractivity contribution < 1.29 is 9.13 Å². The second kappa shape index (κ2) is 6.04. The maximum absolute atomic E-state index is 13.2. The molecule has 0 aliphatic carbocycles. The van der Waals surface area contributed by atoms with E-state index in [0.29, 0.717) is 12.4 Å². The lowest BCUT2D eigenvalue weighted by Crippen LogP contribution is -2.31. The first-order valence-electron chi connectivity index (χ1n) is 5.91. The molecule has 0 spiro atoms. The van der Waals surface area contributed by atoms with Gasteiger partial charge in [-0.15, -0.1) is 0 Å². The lowest BCUT2D eigenvalue weighted by Gasteiger charge is -2.09. The van der Waals surface area contributed by atoms with Crippen LogP contribution in [0.25, 0.3) is 0 Å². The number of H-pyrrole nitrogens is 1. The number of aromatic amines is 1. The minimum absolute atomic E-state index is 0.150. The number of aromatic nitrogens is 2. The Morgan fingerprint density at radius 3 is 2.80 bits per heavy atom. The van der Waals surface area contributed by atoms with E-state index in [2.05, 4.69) is 15.9 Å².